The van der Waals surface area contributed by atoms with Gasteiger partial charge < -0.3 is 10.3 Å². The zero-order chi connectivity index (χ0) is 11.1. The molecule has 2 N–H and O–H groups in total. The van der Waals surface area contributed by atoms with Crippen molar-refractivity contribution in [1.29, 1.82) is 0 Å². The first-order valence-electron chi connectivity index (χ1n) is 5.10. The van der Waals surface area contributed by atoms with Crippen LogP contribution in [0.3, 0.4) is 0 Å². The van der Waals surface area contributed by atoms with E-state index in [2.05, 4.69) is 27.2 Å². The molecule has 2 aromatic carbocycles. The fourth-order valence-corrected chi connectivity index (χ4v) is 2.57. The zero-order valence-electron chi connectivity index (χ0n) is 8.44. The Balaban J connectivity index is 2.32. The summed E-state index contributed by atoms with van der Waals surface area (Å²) in [5.41, 5.74) is 4.09. The highest BCUT2D eigenvalue weighted by atomic mass is 79.9. The maximum atomic E-state index is 10.0. The Labute approximate surface area is 103 Å². The van der Waals surface area contributed by atoms with Gasteiger partial charge >= 0.3 is 7.05 Å². The van der Waals surface area contributed by atoms with Crippen LogP contribution in [0.5, 0.6) is 0 Å². The van der Waals surface area contributed by atoms with Crippen molar-refractivity contribution in [2.75, 3.05) is 5.23 Å². The number of nitrogens with one attached hydrogen (secondary N) is 1. The van der Waals surface area contributed by atoms with Gasteiger partial charge in [0.1, 0.15) is 0 Å². The average Bonchev–Trinajstić information content (AvgIpc) is 2.31. The van der Waals surface area contributed by atoms with Gasteiger partial charge in [-0.3, -0.25) is 0 Å². The van der Waals surface area contributed by atoms with E-state index < -0.39 is 7.05 Å². The summed E-state index contributed by atoms with van der Waals surface area (Å²) in [6.45, 7) is 0. The van der Waals surface area contributed by atoms with Crippen LogP contribution < -0.4 is 10.7 Å². The van der Waals surface area contributed by atoms with E-state index in [1.165, 1.54) is 0 Å². The molecule has 1 heterocycles. The van der Waals surface area contributed by atoms with Gasteiger partial charge in [0, 0.05) is 15.7 Å². The zero-order valence-corrected chi connectivity index (χ0v) is 10.0. The molecular weight excluding hydrogens is 265 g/mol. The fraction of sp³-hybridized carbons (Fsp3) is 0. The van der Waals surface area contributed by atoms with E-state index in [-0.39, 0.29) is 0 Å². The lowest BCUT2D eigenvalue weighted by molar-refractivity contribution is 0.593. The normalized spacial score (nSPS) is 12.8. The predicted molar refractivity (Wildman–Crippen MR) is 70.8 cm³/mol. The third-order valence-electron chi connectivity index (χ3n) is 2.84. The fourth-order valence-electron chi connectivity index (χ4n) is 2.09. The number of halogens is 1. The monoisotopic (exact) mass is 273 g/mol. The predicted octanol–water partition coefficient (Wildman–Crippen LogP) is 2.23. The molecule has 0 fully saturated rings. The standard InChI is InChI=1S/C12H9BBrNO/c14-11-7-3-5-9-8-4-1-2-6-10(8)13(16)15-12(9)11/h1-7,15-16H. The minimum atomic E-state index is -0.637. The van der Waals surface area contributed by atoms with Gasteiger partial charge in [0.25, 0.3) is 0 Å². The van der Waals surface area contributed by atoms with Crippen LogP contribution in [0.4, 0.5) is 5.69 Å². The highest BCUT2D eigenvalue weighted by molar-refractivity contribution is 9.10. The highest BCUT2D eigenvalue weighted by Crippen LogP contribution is 2.35. The Morgan fingerprint density at radius 1 is 1.00 bits per heavy atom. The lowest BCUT2D eigenvalue weighted by Crippen LogP contribution is -2.42. The first-order valence-corrected chi connectivity index (χ1v) is 5.89. The molecule has 0 bridgehead atoms. The van der Waals surface area contributed by atoms with Crippen LogP contribution in [0.1, 0.15) is 0 Å². The average molecular weight is 274 g/mol. The van der Waals surface area contributed by atoms with E-state index in [1.807, 2.05) is 36.4 Å². The molecule has 0 aliphatic carbocycles. The van der Waals surface area contributed by atoms with Crippen molar-refractivity contribution in [3.05, 3.63) is 46.9 Å². The van der Waals surface area contributed by atoms with Gasteiger partial charge in [0.2, 0.25) is 0 Å². The second kappa shape index (κ2) is 3.65. The molecule has 0 atom stereocenters. The quantitative estimate of drug-likeness (QED) is 0.722. The summed E-state index contributed by atoms with van der Waals surface area (Å²) in [4.78, 5) is 0. The summed E-state index contributed by atoms with van der Waals surface area (Å²) in [6.07, 6.45) is 0. The Bertz CT molecular complexity index is 558. The summed E-state index contributed by atoms with van der Waals surface area (Å²) in [5, 5.41) is 13.1. The second-order valence-corrected chi connectivity index (χ2v) is 4.65. The van der Waals surface area contributed by atoms with Gasteiger partial charge in [0.05, 0.1) is 0 Å². The van der Waals surface area contributed by atoms with Crippen LogP contribution in [0.2, 0.25) is 0 Å². The van der Waals surface area contributed by atoms with Crippen molar-refractivity contribution < 1.29 is 5.02 Å². The molecule has 1 aliphatic rings. The van der Waals surface area contributed by atoms with Crippen molar-refractivity contribution in [2.24, 2.45) is 0 Å². The van der Waals surface area contributed by atoms with Gasteiger partial charge in [-0.2, -0.15) is 0 Å². The molecule has 2 aromatic rings. The maximum absolute atomic E-state index is 10.0. The topological polar surface area (TPSA) is 32.3 Å². The first kappa shape index (κ1) is 9.93. The Kier molecular flexibility index (Phi) is 2.26. The third-order valence-corrected chi connectivity index (χ3v) is 3.50. The van der Waals surface area contributed by atoms with Crippen LogP contribution >= 0.6 is 15.9 Å². The summed E-state index contributed by atoms with van der Waals surface area (Å²) in [5.74, 6) is 0. The van der Waals surface area contributed by atoms with Crippen molar-refractivity contribution in [3.63, 3.8) is 0 Å². The van der Waals surface area contributed by atoms with Crippen LogP contribution in [0.25, 0.3) is 11.1 Å². The number of hydrogen-bond acceptors (Lipinski definition) is 2. The number of rotatable bonds is 0. The lowest BCUT2D eigenvalue weighted by Gasteiger charge is -2.24. The Hall–Kier alpha value is -1.26. The molecule has 0 radical (unpaired) electrons. The van der Waals surface area contributed by atoms with Crippen molar-refractivity contribution >= 4 is 34.1 Å². The molecule has 0 saturated heterocycles. The molecule has 78 valence electrons. The number of para-hydroxylation sites is 1. The summed E-state index contributed by atoms with van der Waals surface area (Å²) >= 11 is 3.49. The van der Waals surface area contributed by atoms with E-state index in [0.717, 1.165) is 26.7 Å². The minimum Gasteiger partial charge on any atom is -0.429 e. The molecule has 0 amide bonds. The smallest absolute Gasteiger partial charge is 0.429 e. The highest BCUT2D eigenvalue weighted by Gasteiger charge is 2.27. The van der Waals surface area contributed by atoms with E-state index >= 15 is 0 Å². The van der Waals surface area contributed by atoms with E-state index in [1.54, 1.807) is 0 Å². The van der Waals surface area contributed by atoms with Gasteiger partial charge in [-0.15, -0.1) is 0 Å². The van der Waals surface area contributed by atoms with Gasteiger partial charge in [0.15, 0.2) is 0 Å². The number of fused-ring (bicyclic) bond motifs is 3. The summed E-state index contributed by atoms with van der Waals surface area (Å²) < 4.78 is 0.971. The summed E-state index contributed by atoms with van der Waals surface area (Å²) in [7, 11) is -0.637. The molecule has 2 nitrogen and oxygen atoms in total. The van der Waals surface area contributed by atoms with Gasteiger partial charge in [-0.25, -0.2) is 0 Å². The Morgan fingerprint density at radius 3 is 2.62 bits per heavy atom. The SMILES string of the molecule is OB1Nc2c(Br)cccc2-c2ccccc21. The largest absolute Gasteiger partial charge is 0.447 e. The van der Waals surface area contributed by atoms with E-state index in [0.29, 0.717) is 0 Å². The Morgan fingerprint density at radius 2 is 1.75 bits per heavy atom. The molecule has 0 spiro atoms. The molecule has 3 rings (SSSR count). The number of hydrogen-bond donors (Lipinski definition) is 2. The first-order chi connectivity index (χ1) is 7.77. The van der Waals surface area contributed by atoms with Crippen LogP contribution in [-0.2, 0) is 0 Å². The minimum absolute atomic E-state index is 0.637. The van der Waals surface area contributed by atoms with E-state index in [9.17, 15) is 5.02 Å². The maximum Gasteiger partial charge on any atom is 0.447 e. The molecule has 0 saturated carbocycles. The third kappa shape index (κ3) is 1.38. The van der Waals surface area contributed by atoms with Crippen molar-refractivity contribution in [1.82, 2.24) is 0 Å². The molecule has 0 aromatic heterocycles. The molecule has 1 aliphatic heterocycles. The van der Waals surface area contributed by atoms with E-state index in [4.69, 9.17) is 0 Å². The molecule has 16 heavy (non-hydrogen) atoms. The molecule has 0 unspecified atom stereocenters. The molecule has 4 heteroatoms. The lowest BCUT2D eigenvalue weighted by atomic mass is 9.67. The van der Waals surface area contributed by atoms with Crippen LogP contribution in [-0.4, -0.2) is 12.1 Å². The van der Waals surface area contributed by atoms with Crippen molar-refractivity contribution in [2.45, 2.75) is 0 Å². The van der Waals surface area contributed by atoms with Crippen molar-refractivity contribution in [3.8, 4) is 11.1 Å². The summed E-state index contributed by atoms with van der Waals surface area (Å²) in [6, 6.07) is 13.9. The van der Waals surface area contributed by atoms with Crippen LogP contribution in [0.15, 0.2) is 46.9 Å². The van der Waals surface area contributed by atoms with Gasteiger partial charge in [-0.05, 0) is 33.0 Å². The number of anilines is 1. The molecular formula is C12H9BBrNO. The van der Waals surface area contributed by atoms with Gasteiger partial charge in [-0.1, -0.05) is 36.4 Å². The number of benzene rings is 2. The second-order valence-electron chi connectivity index (χ2n) is 3.80. The van der Waals surface area contributed by atoms with Crippen LogP contribution in [0, 0.1) is 0 Å².